The lowest BCUT2D eigenvalue weighted by molar-refractivity contribution is -0.137. The van der Waals surface area contributed by atoms with Crippen LogP contribution in [-0.4, -0.2) is 173 Å². The van der Waals surface area contributed by atoms with E-state index in [1.807, 2.05) is 64.1 Å². The summed E-state index contributed by atoms with van der Waals surface area (Å²) < 4.78 is 154. The summed E-state index contributed by atoms with van der Waals surface area (Å²) in [4.78, 5) is 15.0. The van der Waals surface area contributed by atoms with Gasteiger partial charge in [0.15, 0.2) is 0 Å². The number of sulfonamides is 3. The fraction of sp³-hybridized carbons (Fsp3) is 0.532. The van der Waals surface area contributed by atoms with Gasteiger partial charge < -0.3 is 28.9 Å². The second kappa shape index (κ2) is 35.9. The largest absolute Gasteiger partial charge is 0.489 e. The van der Waals surface area contributed by atoms with Crippen LogP contribution in [0.2, 0.25) is 5.02 Å². The Balaban J connectivity index is 0.000000166. The number of nitrogens with one attached hydrogen (secondary N) is 3. The molecule has 564 valence electrons. The normalized spacial score (nSPS) is 22.3. The molecule has 3 saturated heterocycles. The van der Waals surface area contributed by atoms with Crippen molar-refractivity contribution in [2.75, 3.05) is 93.2 Å². The number of piperazine rings is 3. The first kappa shape index (κ1) is 79.3. The summed E-state index contributed by atoms with van der Waals surface area (Å²) in [5.41, 5.74) is 3.18. The summed E-state index contributed by atoms with van der Waals surface area (Å²) >= 11 is 6.14. The molecule has 26 heteroatoms. The number of anilines is 3. The van der Waals surface area contributed by atoms with Crippen LogP contribution < -0.4 is 43.1 Å². The monoisotopic (exact) mass is 1510 g/mol. The van der Waals surface area contributed by atoms with Crippen LogP contribution in [0, 0.1) is 12.7 Å². The van der Waals surface area contributed by atoms with Crippen LogP contribution in [0.4, 0.5) is 34.6 Å². The molecule has 3 N–H and O–H groups in total. The molecule has 0 amide bonds. The van der Waals surface area contributed by atoms with Gasteiger partial charge >= 0.3 is 6.18 Å². The van der Waals surface area contributed by atoms with Crippen LogP contribution >= 0.6 is 11.6 Å². The smallest absolute Gasteiger partial charge is 0.416 e. The van der Waals surface area contributed by atoms with E-state index in [0.717, 1.165) is 196 Å². The quantitative estimate of drug-likeness (QED) is 0.0578. The molecule has 6 aromatic rings. The van der Waals surface area contributed by atoms with Crippen molar-refractivity contribution in [3.8, 4) is 17.2 Å². The molecule has 0 bridgehead atoms. The number of para-hydroxylation sites is 6. The maximum atomic E-state index is 13.1. The number of alkyl halides is 3. The van der Waals surface area contributed by atoms with Gasteiger partial charge in [0.05, 0.1) is 55.6 Å². The third kappa shape index (κ3) is 22.0. The summed E-state index contributed by atoms with van der Waals surface area (Å²) in [6, 6.07) is 39.4. The second-order valence-corrected chi connectivity index (χ2v) is 34.2. The lowest BCUT2D eigenvalue weighted by Crippen LogP contribution is -2.52. The van der Waals surface area contributed by atoms with E-state index in [9.17, 15) is 42.8 Å². The number of hydrogen-bond donors (Lipinski definition) is 3. The predicted molar refractivity (Wildman–Crippen MR) is 401 cm³/mol. The molecule has 103 heavy (non-hydrogen) atoms. The molecular formula is C77H104ClF4N9O9S3. The highest BCUT2D eigenvalue weighted by Crippen LogP contribution is 2.37. The highest BCUT2D eigenvalue weighted by molar-refractivity contribution is 7.90. The lowest BCUT2D eigenvalue weighted by Gasteiger charge is -2.43. The fourth-order valence-corrected chi connectivity index (χ4v) is 19.5. The number of ether oxygens (including phenoxy) is 3. The molecule has 6 fully saturated rings. The molecule has 0 unspecified atom stereocenters. The van der Waals surface area contributed by atoms with Crippen LogP contribution in [0.15, 0.2) is 154 Å². The van der Waals surface area contributed by atoms with Gasteiger partial charge in [-0.1, -0.05) is 54.1 Å². The Hall–Kier alpha value is -6.26. The Bertz CT molecular complexity index is 4020. The van der Waals surface area contributed by atoms with Gasteiger partial charge in [-0.05, 0) is 228 Å². The first-order chi connectivity index (χ1) is 49.1. The minimum Gasteiger partial charge on any atom is -0.489 e. The summed E-state index contributed by atoms with van der Waals surface area (Å²) in [5, 5.41) is 0.476. The Morgan fingerprint density at radius 1 is 0.398 bits per heavy atom. The van der Waals surface area contributed by atoms with Crippen molar-refractivity contribution in [2.24, 2.45) is 0 Å². The van der Waals surface area contributed by atoms with Crippen molar-refractivity contribution in [3.63, 3.8) is 0 Å². The zero-order chi connectivity index (χ0) is 73.6. The highest BCUT2D eigenvalue weighted by Gasteiger charge is 2.36. The zero-order valence-electron chi connectivity index (χ0n) is 60.4. The molecule has 3 heterocycles. The van der Waals surface area contributed by atoms with Crippen LogP contribution in [0.5, 0.6) is 17.2 Å². The van der Waals surface area contributed by atoms with E-state index in [4.69, 9.17) is 25.8 Å². The maximum Gasteiger partial charge on any atom is 0.416 e. The molecule has 0 atom stereocenters. The highest BCUT2D eigenvalue weighted by atomic mass is 35.5. The molecule has 6 aromatic carbocycles. The molecule has 3 aliphatic carbocycles. The topological polar surface area (TPSA) is 186 Å². The average molecular weight is 1510 g/mol. The number of nitrogens with zero attached hydrogens (tertiary/aromatic N) is 6. The Morgan fingerprint density at radius 3 is 1.01 bits per heavy atom. The minimum absolute atomic E-state index is 0.0269. The van der Waals surface area contributed by atoms with Crippen molar-refractivity contribution < 1.29 is 57.0 Å². The van der Waals surface area contributed by atoms with E-state index < -0.39 is 47.6 Å². The van der Waals surface area contributed by atoms with Crippen LogP contribution in [0.1, 0.15) is 130 Å². The van der Waals surface area contributed by atoms with E-state index in [-0.39, 0.29) is 51.1 Å². The molecule has 0 spiro atoms. The average Bonchev–Trinajstić information content (AvgIpc) is 0.832. The standard InChI is InChI=1S/C26H36ClN3O3S.C26H34F3N3O3S.C25H34FN3O3S/c1-19(2)33-25-9-5-4-8-24(25)30-17-15-29(16-18-30)22-13-11-21(12-14-22)28-34(31,32)26-10-6-7-23(27)20(26)3;1-19(2)35-25-6-4-3-5-24(25)32-17-15-31(16-18-32)22-11-9-21(10-12-22)30-36(33,34)23-13-7-20(8-14-23)26(27,28)29;1-19(2)32-25-6-4-3-5-24(25)29-17-15-28(16-18-29)22-11-9-21(10-12-22)27-33(30,31)23-13-7-20(26)8-14-23/h4-10,19,21-22,28H,11-18H2,1-3H3;3-8,13-14,19,21-22,30H,9-12,15-18H2,1-2H3;3-8,13-14,19,21-22,27H,9-12,15-18H2,1-2H3. The Kier molecular flexibility index (Phi) is 27.6. The van der Waals surface area contributed by atoms with Crippen molar-refractivity contribution in [3.05, 3.63) is 161 Å². The first-order valence-corrected chi connectivity index (χ1v) is 41.4. The molecule has 0 radical (unpaired) electrons. The Labute approximate surface area is 613 Å². The van der Waals surface area contributed by atoms with Crippen LogP contribution in [-0.2, 0) is 36.2 Å². The van der Waals surface area contributed by atoms with E-state index in [2.05, 4.69) is 93.8 Å². The van der Waals surface area contributed by atoms with Gasteiger partial charge in [-0.2, -0.15) is 13.2 Å². The molecule has 3 saturated carbocycles. The van der Waals surface area contributed by atoms with Crippen molar-refractivity contribution in [1.29, 1.82) is 0 Å². The summed E-state index contributed by atoms with van der Waals surface area (Å²) in [6.07, 6.45) is 6.39. The van der Waals surface area contributed by atoms with Gasteiger partial charge in [0.25, 0.3) is 0 Å². The zero-order valence-corrected chi connectivity index (χ0v) is 63.6. The minimum atomic E-state index is -4.50. The van der Waals surface area contributed by atoms with Gasteiger partial charge in [-0.15, -0.1) is 0 Å². The third-order valence-corrected chi connectivity index (χ3v) is 25.5. The number of benzene rings is 6. The SMILES string of the molecule is CC(C)Oc1ccccc1N1CCN(C2CCC(NS(=O)(=O)c3ccc(C(F)(F)F)cc3)CC2)CC1.CC(C)Oc1ccccc1N1CCN(C2CCC(NS(=O)(=O)c3ccc(F)cc3)CC2)CC1.Cc1c(Cl)cccc1S(=O)(=O)NC1CCC(N2CCN(c3ccccc3OC(C)C)CC2)CC1. The first-order valence-electron chi connectivity index (χ1n) is 36.6. The molecule has 12 rings (SSSR count). The number of hydrogen-bond acceptors (Lipinski definition) is 15. The summed E-state index contributed by atoms with van der Waals surface area (Å²) in [6.45, 7) is 25.5. The molecule has 3 aliphatic heterocycles. The summed E-state index contributed by atoms with van der Waals surface area (Å²) in [7, 11) is -11.1. The van der Waals surface area contributed by atoms with Gasteiger partial charge in [0.2, 0.25) is 30.1 Å². The van der Waals surface area contributed by atoms with Crippen LogP contribution in [0.3, 0.4) is 0 Å². The van der Waals surface area contributed by atoms with E-state index in [0.29, 0.717) is 41.6 Å². The fourth-order valence-electron chi connectivity index (χ4n) is 15.0. The Morgan fingerprint density at radius 2 is 0.699 bits per heavy atom. The van der Waals surface area contributed by atoms with Gasteiger partial charge in [0, 0.05) is 120 Å². The number of rotatable bonds is 21. The number of halogens is 5. The van der Waals surface area contributed by atoms with E-state index >= 15 is 0 Å². The lowest BCUT2D eigenvalue weighted by atomic mass is 9.90. The second-order valence-electron chi connectivity index (χ2n) is 28.7. The maximum absolute atomic E-state index is 13.1. The van der Waals surface area contributed by atoms with Gasteiger partial charge in [0.1, 0.15) is 23.1 Å². The molecule has 0 aromatic heterocycles. The van der Waals surface area contributed by atoms with Crippen molar-refractivity contribution in [1.82, 2.24) is 28.9 Å². The summed E-state index contributed by atoms with van der Waals surface area (Å²) in [5.74, 6) is 2.36. The molecule has 18 nitrogen and oxygen atoms in total. The van der Waals surface area contributed by atoms with Crippen LogP contribution in [0.25, 0.3) is 0 Å². The predicted octanol–water partition coefficient (Wildman–Crippen LogP) is 13.8. The van der Waals surface area contributed by atoms with Crippen molar-refractivity contribution in [2.45, 2.75) is 201 Å². The van der Waals surface area contributed by atoms with E-state index in [1.54, 1.807) is 25.1 Å². The van der Waals surface area contributed by atoms with E-state index in [1.165, 1.54) is 30.0 Å². The molecule has 6 aliphatic rings. The van der Waals surface area contributed by atoms with Crippen molar-refractivity contribution >= 4 is 58.7 Å². The van der Waals surface area contributed by atoms with Gasteiger partial charge in [-0.25, -0.2) is 43.8 Å². The third-order valence-electron chi connectivity index (χ3n) is 20.4. The molecular weight excluding hydrogens is 1400 g/mol. The van der Waals surface area contributed by atoms with Gasteiger partial charge in [-0.3, -0.25) is 14.7 Å².